The van der Waals surface area contributed by atoms with Crippen molar-refractivity contribution in [2.75, 3.05) is 0 Å². The summed E-state index contributed by atoms with van der Waals surface area (Å²) in [5, 5.41) is 0.659. The summed E-state index contributed by atoms with van der Waals surface area (Å²) in [4.78, 5) is 4.10. The molecule has 0 radical (unpaired) electrons. The molecule has 1 aromatic rings. The third-order valence-corrected chi connectivity index (χ3v) is 2.34. The zero-order valence-electron chi connectivity index (χ0n) is 7.05. The number of aliphatic imine (C=N–C) groups is 1. The fourth-order valence-electron chi connectivity index (χ4n) is 1.49. The number of benzene rings is 1. The van der Waals surface area contributed by atoms with Crippen molar-refractivity contribution in [1.29, 1.82) is 0 Å². The second kappa shape index (κ2) is 2.89. The highest BCUT2D eigenvalue weighted by molar-refractivity contribution is 6.34. The quantitative estimate of drug-likeness (QED) is 0.672. The highest BCUT2D eigenvalue weighted by atomic mass is 35.5. The molecule has 2 N–H and O–H groups in total. The summed E-state index contributed by atoms with van der Waals surface area (Å²) < 4.78 is 0. The van der Waals surface area contributed by atoms with Crippen LogP contribution in [0.5, 0.6) is 0 Å². The van der Waals surface area contributed by atoms with Crippen LogP contribution in [0.3, 0.4) is 0 Å². The van der Waals surface area contributed by atoms with Crippen molar-refractivity contribution >= 4 is 17.4 Å². The number of amidine groups is 1. The maximum absolute atomic E-state index is 5.99. The van der Waals surface area contributed by atoms with Crippen LogP contribution in [0.2, 0.25) is 5.02 Å². The topological polar surface area (TPSA) is 38.4 Å². The van der Waals surface area contributed by atoms with E-state index in [0.717, 1.165) is 23.2 Å². The molecule has 1 aliphatic rings. The number of hydrogen-bond acceptors (Lipinski definition) is 2. The number of nitrogens with two attached hydrogens (primary N) is 1. The normalized spacial score (nSPS) is 15.2. The van der Waals surface area contributed by atoms with E-state index in [1.54, 1.807) is 0 Å². The fraction of sp³-hybridized carbons (Fsp3) is 0.100. The molecule has 0 aromatic heterocycles. The summed E-state index contributed by atoms with van der Waals surface area (Å²) in [5.74, 6) is 0.469. The smallest absolute Gasteiger partial charge is 0.132 e. The Labute approximate surface area is 81.7 Å². The molecule has 2 rings (SSSR count). The Bertz CT molecular complexity index is 407. The molecule has 1 aliphatic heterocycles. The lowest BCUT2D eigenvalue weighted by molar-refractivity contribution is 1.08. The van der Waals surface area contributed by atoms with Crippen LogP contribution in [-0.4, -0.2) is 5.84 Å². The molecular formula is C10H9ClN2. The van der Waals surface area contributed by atoms with Gasteiger partial charge in [0.05, 0.1) is 5.02 Å². The van der Waals surface area contributed by atoms with Gasteiger partial charge in [-0.1, -0.05) is 30.3 Å². The van der Waals surface area contributed by atoms with E-state index in [4.69, 9.17) is 17.3 Å². The van der Waals surface area contributed by atoms with Crippen molar-refractivity contribution in [3.8, 4) is 0 Å². The molecule has 0 atom stereocenters. The van der Waals surface area contributed by atoms with Gasteiger partial charge in [0.2, 0.25) is 0 Å². The molecular weight excluding hydrogens is 184 g/mol. The lowest BCUT2D eigenvalue weighted by Gasteiger charge is -2.16. The van der Waals surface area contributed by atoms with Gasteiger partial charge < -0.3 is 5.73 Å². The molecule has 0 bridgehead atoms. The standard InChI is InChI=1S/C10H9ClN2/c1-6-5-7-3-2-4-8(11)9(7)10(12)13-6/h2-4H,1,5H2,(H2,12,13). The first kappa shape index (κ1) is 8.32. The van der Waals surface area contributed by atoms with Crippen LogP contribution < -0.4 is 5.73 Å². The third kappa shape index (κ3) is 1.33. The molecule has 13 heavy (non-hydrogen) atoms. The Morgan fingerprint density at radius 1 is 1.46 bits per heavy atom. The Kier molecular flexibility index (Phi) is 1.85. The summed E-state index contributed by atoms with van der Waals surface area (Å²) in [6.45, 7) is 3.78. The molecule has 0 unspecified atom stereocenters. The van der Waals surface area contributed by atoms with Crippen LogP contribution in [0.1, 0.15) is 11.1 Å². The summed E-state index contributed by atoms with van der Waals surface area (Å²) >= 11 is 5.99. The average molecular weight is 193 g/mol. The van der Waals surface area contributed by atoms with Crippen LogP contribution in [-0.2, 0) is 6.42 Å². The number of allylic oxidation sites excluding steroid dienone is 1. The van der Waals surface area contributed by atoms with Crippen molar-refractivity contribution in [2.45, 2.75) is 6.42 Å². The molecule has 66 valence electrons. The maximum Gasteiger partial charge on any atom is 0.132 e. The Morgan fingerprint density at radius 2 is 2.23 bits per heavy atom. The Hall–Kier alpha value is -1.28. The summed E-state index contributed by atoms with van der Waals surface area (Å²) in [6.07, 6.45) is 0.733. The van der Waals surface area contributed by atoms with E-state index < -0.39 is 0 Å². The largest absolute Gasteiger partial charge is 0.383 e. The van der Waals surface area contributed by atoms with E-state index in [-0.39, 0.29) is 0 Å². The molecule has 1 aromatic carbocycles. The average Bonchev–Trinajstić information content (AvgIpc) is 2.02. The van der Waals surface area contributed by atoms with Crippen LogP contribution in [0, 0.1) is 0 Å². The monoisotopic (exact) mass is 192 g/mol. The number of halogens is 1. The number of fused-ring (bicyclic) bond motifs is 1. The van der Waals surface area contributed by atoms with Crippen molar-refractivity contribution < 1.29 is 0 Å². The third-order valence-electron chi connectivity index (χ3n) is 2.03. The van der Waals surface area contributed by atoms with Gasteiger partial charge in [0.25, 0.3) is 0 Å². The predicted molar refractivity (Wildman–Crippen MR) is 55.0 cm³/mol. The van der Waals surface area contributed by atoms with E-state index in [2.05, 4.69) is 11.6 Å². The molecule has 3 heteroatoms. The predicted octanol–water partition coefficient (Wildman–Crippen LogP) is 2.12. The molecule has 0 saturated heterocycles. The minimum absolute atomic E-state index is 0.469. The molecule has 0 spiro atoms. The number of rotatable bonds is 0. The first-order valence-electron chi connectivity index (χ1n) is 3.98. The SMILES string of the molecule is C=C1Cc2cccc(Cl)c2C(N)=N1. The first-order valence-corrected chi connectivity index (χ1v) is 4.36. The van der Waals surface area contributed by atoms with E-state index in [1.807, 2.05) is 18.2 Å². The van der Waals surface area contributed by atoms with Gasteiger partial charge in [-0.3, -0.25) is 0 Å². The highest BCUT2D eigenvalue weighted by Crippen LogP contribution is 2.25. The molecule has 0 amide bonds. The van der Waals surface area contributed by atoms with E-state index in [0.29, 0.717) is 10.9 Å². The number of hydrogen-bond donors (Lipinski definition) is 1. The minimum atomic E-state index is 0.469. The van der Waals surface area contributed by atoms with Crippen LogP contribution in [0.25, 0.3) is 0 Å². The molecule has 0 aliphatic carbocycles. The number of nitrogens with zero attached hydrogens (tertiary/aromatic N) is 1. The van der Waals surface area contributed by atoms with Gasteiger partial charge in [-0.25, -0.2) is 4.99 Å². The summed E-state index contributed by atoms with van der Waals surface area (Å²) in [6, 6.07) is 5.72. The Balaban J connectivity index is 2.67. The van der Waals surface area contributed by atoms with Crippen molar-refractivity contribution in [1.82, 2.24) is 0 Å². The van der Waals surface area contributed by atoms with Gasteiger partial charge in [0.1, 0.15) is 5.84 Å². The van der Waals surface area contributed by atoms with Gasteiger partial charge in [-0.15, -0.1) is 0 Å². The minimum Gasteiger partial charge on any atom is -0.383 e. The summed E-state index contributed by atoms with van der Waals surface area (Å²) in [7, 11) is 0. The first-order chi connectivity index (χ1) is 6.18. The summed E-state index contributed by atoms with van der Waals surface area (Å²) in [5.41, 5.74) is 8.49. The Morgan fingerprint density at radius 3 is 3.00 bits per heavy atom. The molecule has 1 heterocycles. The van der Waals surface area contributed by atoms with E-state index in [1.165, 1.54) is 0 Å². The van der Waals surface area contributed by atoms with E-state index >= 15 is 0 Å². The van der Waals surface area contributed by atoms with Gasteiger partial charge in [0, 0.05) is 17.7 Å². The van der Waals surface area contributed by atoms with Crippen molar-refractivity contribution in [3.05, 3.63) is 46.6 Å². The van der Waals surface area contributed by atoms with Crippen LogP contribution in [0.15, 0.2) is 35.5 Å². The second-order valence-electron chi connectivity index (χ2n) is 3.01. The van der Waals surface area contributed by atoms with Gasteiger partial charge in [0.15, 0.2) is 0 Å². The fourth-order valence-corrected chi connectivity index (χ4v) is 1.78. The van der Waals surface area contributed by atoms with Gasteiger partial charge in [-0.2, -0.15) is 0 Å². The van der Waals surface area contributed by atoms with Crippen LogP contribution in [0.4, 0.5) is 0 Å². The molecule has 0 fully saturated rings. The molecule has 0 saturated carbocycles. The van der Waals surface area contributed by atoms with Gasteiger partial charge >= 0.3 is 0 Å². The van der Waals surface area contributed by atoms with Crippen molar-refractivity contribution in [2.24, 2.45) is 10.7 Å². The van der Waals surface area contributed by atoms with Crippen molar-refractivity contribution in [3.63, 3.8) is 0 Å². The lowest BCUT2D eigenvalue weighted by atomic mass is 10.00. The zero-order chi connectivity index (χ0) is 9.42. The maximum atomic E-state index is 5.99. The zero-order valence-corrected chi connectivity index (χ0v) is 7.80. The van der Waals surface area contributed by atoms with Crippen LogP contribution >= 0.6 is 11.6 Å². The lowest BCUT2D eigenvalue weighted by Crippen LogP contribution is -2.20. The molecule has 2 nitrogen and oxygen atoms in total. The second-order valence-corrected chi connectivity index (χ2v) is 3.42. The highest BCUT2D eigenvalue weighted by Gasteiger charge is 2.15. The van der Waals surface area contributed by atoms with E-state index in [9.17, 15) is 0 Å². The van der Waals surface area contributed by atoms with Gasteiger partial charge in [-0.05, 0) is 11.6 Å².